The molecule has 4 aromatic rings. The van der Waals surface area contributed by atoms with Gasteiger partial charge in [0, 0.05) is 31.2 Å². The largest absolute Gasteiger partial charge is 0.424 e. The van der Waals surface area contributed by atoms with Crippen LogP contribution >= 0.6 is 0 Å². The summed E-state index contributed by atoms with van der Waals surface area (Å²) in [4.78, 5) is 4.10. The van der Waals surface area contributed by atoms with E-state index in [9.17, 15) is 13.2 Å². The average Bonchev–Trinajstić information content (AvgIpc) is 3.18. The number of aryl methyl sites for hydroxylation is 1. The molecule has 6 nitrogen and oxygen atoms in total. The van der Waals surface area contributed by atoms with Crippen molar-refractivity contribution >= 4 is 11.0 Å². The molecule has 0 aliphatic rings. The molecule has 0 unspecified atom stereocenters. The summed E-state index contributed by atoms with van der Waals surface area (Å²) in [7, 11) is 0. The second kappa shape index (κ2) is 6.19. The lowest BCUT2D eigenvalue weighted by atomic mass is 10.0. The van der Waals surface area contributed by atoms with Gasteiger partial charge in [0.15, 0.2) is 0 Å². The van der Waals surface area contributed by atoms with Gasteiger partial charge in [-0.25, -0.2) is 13.8 Å². The minimum Gasteiger partial charge on any atom is -0.424 e. The van der Waals surface area contributed by atoms with E-state index in [0.29, 0.717) is 22.5 Å². The summed E-state index contributed by atoms with van der Waals surface area (Å²) in [5.74, 6) is -3.04. The minimum absolute atomic E-state index is 0.0689. The van der Waals surface area contributed by atoms with E-state index in [4.69, 9.17) is 4.42 Å². The van der Waals surface area contributed by atoms with Gasteiger partial charge in [0.2, 0.25) is 11.8 Å². The first kappa shape index (κ1) is 17.2. The third kappa shape index (κ3) is 3.27. The Bertz CT molecular complexity index is 1130. The van der Waals surface area contributed by atoms with Crippen LogP contribution in [0.3, 0.4) is 0 Å². The Morgan fingerprint density at radius 2 is 1.96 bits per heavy atom. The fraction of sp³-hybridized carbons (Fsp3) is 0.222. The van der Waals surface area contributed by atoms with Crippen LogP contribution in [-0.2, 0) is 12.5 Å². The van der Waals surface area contributed by atoms with E-state index in [0.717, 1.165) is 6.92 Å². The topological polar surface area (TPSA) is 69.6 Å². The second-order valence-corrected chi connectivity index (χ2v) is 6.22. The number of pyridine rings is 1. The van der Waals surface area contributed by atoms with Crippen molar-refractivity contribution in [2.45, 2.75) is 26.3 Å². The van der Waals surface area contributed by atoms with E-state index >= 15 is 0 Å². The Morgan fingerprint density at radius 3 is 2.67 bits per heavy atom. The molecule has 0 saturated heterocycles. The molecular formula is C18H14F3N5O. The molecule has 0 saturated carbocycles. The molecule has 0 bridgehead atoms. The number of nitrogens with zero attached hydrogens (tertiary/aromatic N) is 5. The third-order valence-electron chi connectivity index (χ3n) is 4.11. The molecule has 0 aliphatic carbocycles. The van der Waals surface area contributed by atoms with Crippen molar-refractivity contribution in [3.05, 3.63) is 59.8 Å². The Hall–Kier alpha value is -3.23. The van der Waals surface area contributed by atoms with E-state index in [2.05, 4.69) is 20.3 Å². The number of benzene rings is 1. The Balaban J connectivity index is 1.79. The third-order valence-corrected chi connectivity index (χ3v) is 4.11. The first-order chi connectivity index (χ1) is 12.8. The van der Waals surface area contributed by atoms with Gasteiger partial charge in [0.1, 0.15) is 12.1 Å². The molecule has 0 aliphatic heterocycles. The van der Waals surface area contributed by atoms with Crippen molar-refractivity contribution in [2.75, 3.05) is 0 Å². The summed E-state index contributed by atoms with van der Waals surface area (Å²) in [6.45, 7) is 2.55. The highest BCUT2D eigenvalue weighted by molar-refractivity contribution is 5.81. The van der Waals surface area contributed by atoms with Crippen molar-refractivity contribution in [3.8, 4) is 11.1 Å². The first-order valence-corrected chi connectivity index (χ1v) is 8.11. The first-order valence-electron chi connectivity index (χ1n) is 8.11. The molecule has 0 atom stereocenters. The molecule has 3 aromatic heterocycles. The smallest absolute Gasteiger partial charge is 0.270 e. The van der Waals surface area contributed by atoms with Crippen molar-refractivity contribution < 1.29 is 17.6 Å². The van der Waals surface area contributed by atoms with Gasteiger partial charge in [-0.2, -0.15) is 4.39 Å². The van der Waals surface area contributed by atoms with Crippen LogP contribution < -0.4 is 0 Å². The molecule has 0 radical (unpaired) electrons. The Morgan fingerprint density at radius 1 is 1.15 bits per heavy atom. The zero-order chi connectivity index (χ0) is 19.2. The molecule has 0 N–H and O–H groups in total. The number of fused-ring (bicyclic) bond motifs is 1. The SMILES string of the molecule is Cc1nnc(Cn2nc(F)c3ncc(-c4cccc(C(C)(F)F)c4)cc32)o1. The molecule has 0 fully saturated rings. The maximum atomic E-state index is 14.1. The summed E-state index contributed by atoms with van der Waals surface area (Å²) in [6, 6.07) is 7.63. The van der Waals surface area contributed by atoms with Gasteiger partial charge >= 0.3 is 0 Å². The van der Waals surface area contributed by atoms with Crippen molar-refractivity contribution in [2.24, 2.45) is 0 Å². The lowest BCUT2D eigenvalue weighted by Crippen LogP contribution is -2.06. The van der Waals surface area contributed by atoms with Crippen LogP contribution in [0.2, 0.25) is 0 Å². The van der Waals surface area contributed by atoms with E-state index in [1.54, 1.807) is 25.1 Å². The fourth-order valence-electron chi connectivity index (χ4n) is 2.80. The molecule has 4 rings (SSSR count). The van der Waals surface area contributed by atoms with Crippen LogP contribution in [0.1, 0.15) is 24.3 Å². The zero-order valence-electron chi connectivity index (χ0n) is 14.4. The lowest BCUT2D eigenvalue weighted by Gasteiger charge is -2.12. The molecule has 9 heteroatoms. The van der Waals surface area contributed by atoms with Crippen molar-refractivity contribution in [1.82, 2.24) is 25.0 Å². The average molecular weight is 373 g/mol. The van der Waals surface area contributed by atoms with Crippen molar-refractivity contribution in [1.29, 1.82) is 0 Å². The number of aromatic nitrogens is 5. The monoisotopic (exact) mass is 373 g/mol. The summed E-state index contributed by atoms with van der Waals surface area (Å²) < 4.78 is 48.0. The quantitative estimate of drug-likeness (QED) is 0.539. The highest BCUT2D eigenvalue weighted by atomic mass is 19.3. The molecule has 138 valence electrons. The van der Waals surface area contributed by atoms with Crippen LogP contribution in [0.4, 0.5) is 13.2 Å². The van der Waals surface area contributed by atoms with Gasteiger partial charge in [-0.1, -0.05) is 18.2 Å². The number of rotatable bonds is 4. The van der Waals surface area contributed by atoms with Crippen LogP contribution in [0.15, 0.2) is 40.9 Å². The van der Waals surface area contributed by atoms with Crippen LogP contribution in [0.25, 0.3) is 22.2 Å². The van der Waals surface area contributed by atoms with Gasteiger partial charge < -0.3 is 4.42 Å². The zero-order valence-corrected chi connectivity index (χ0v) is 14.4. The summed E-state index contributed by atoms with van der Waals surface area (Å²) in [5.41, 5.74) is 1.48. The number of halogens is 3. The Labute approximate surface area is 151 Å². The number of hydrogen-bond donors (Lipinski definition) is 0. The lowest BCUT2D eigenvalue weighted by molar-refractivity contribution is 0.0175. The standard InChI is InChI=1S/C18H14F3N5O/c1-10-23-24-15(27-10)9-26-14-7-12(8-22-16(14)17(19)25-26)11-4-3-5-13(6-11)18(2,20)21/h3-8H,9H2,1-2H3. The Kier molecular flexibility index (Phi) is 3.94. The molecule has 3 heterocycles. The van der Waals surface area contributed by atoms with Gasteiger partial charge in [-0.3, -0.25) is 4.68 Å². The molecule has 27 heavy (non-hydrogen) atoms. The predicted octanol–water partition coefficient (Wildman–Crippen LogP) is 4.09. The van der Waals surface area contributed by atoms with Gasteiger partial charge in [0.05, 0.1) is 5.52 Å². The predicted molar refractivity (Wildman–Crippen MR) is 90.6 cm³/mol. The summed E-state index contributed by atoms with van der Waals surface area (Å²) in [6.07, 6.45) is 1.43. The highest BCUT2D eigenvalue weighted by Crippen LogP contribution is 2.31. The van der Waals surface area contributed by atoms with Gasteiger partial charge in [0.25, 0.3) is 11.9 Å². The minimum atomic E-state index is -2.96. The van der Waals surface area contributed by atoms with Gasteiger partial charge in [-0.05, 0) is 17.7 Å². The van der Waals surface area contributed by atoms with E-state index in [1.807, 2.05) is 0 Å². The normalized spacial score (nSPS) is 12.0. The van der Waals surface area contributed by atoms with Crippen molar-refractivity contribution in [3.63, 3.8) is 0 Å². The van der Waals surface area contributed by atoms with Crippen LogP contribution in [0.5, 0.6) is 0 Å². The number of alkyl halides is 2. The van der Waals surface area contributed by atoms with Gasteiger partial charge in [-0.15, -0.1) is 15.3 Å². The second-order valence-electron chi connectivity index (χ2n) is 6.22. The maximum absolute atomic E-state index is 14.1. The van der Waals surface area contributed by atoms with E-state index in [-0.39, 0.29) is 23.5 Å². The molecule has 1 aromatic carbocycles. The summed E-state index contributed by atoms with van der Waals surface area (Å²) in [5, 5.41) is 11.4. The number of hydrogen-bond acceptors (Lipinski definition) is 5. The highest BCUT2D eigenvalue weighted by Gasteiger charge is 2.24. The summed E-state index contributed by atoms with van der Waals surface area (Å²) >= 11 is 0. The van der Waals surface area contributed by atoms with Crippen LogP contribution in [-0.4, -0.2) is 25.0 Å². The van der Waals surface area contributed by atoms with E-state index < -0.39 is 11.9 Å². The molecular weight excluding hydrogens is 359 g/mol. The fourth-order valence-corrected chi connectivity index (χ4v) is 2.80. The van der Waals surface area contributed by atoms with Crippen LogP contribution in [0, 0.1) is 12.9 Å². The maximum Gasteiger partial charge on any atom is 0.270 e. The molecule has 0 amide bonds. The molecule has 0 spiro atoms. The van der Waals surface area contributed by atoms with E-state index in [1.165, 1.54) is 23.0 Å².